The fourth-order valence-electron chi connectivity index (χ4n) is 1.94. The van der Waals surface area contributed by atoms with Gasteiger partial charge in [0.15, 0.2) is 0 Å². The number of nitrogens with one attached hydrogen (secondary N) is 2. The van der Waals surface area contributed by atoms with Gasteiger partial charge >= 0.3 is 0 Å². The van der Waals surface area contributed by atoms with Crippen molar-refractivity contribution >= 4 is 27.3 Å². The zero-order valence-electron chi connectivity index (χ0n) is 11.5. The van der Waals surface area contributed by atoms with E-state index in [4.69, 9.17) is 0 Å². The summed E-state index contributed by atoms with van der Waals surface area (Å²) in [5, 5.41) is 13.1. The first-order valence-electron chi connectivity index (χ1n) is 6.20. The van der Waals surface area contributed by atoms with Crippen LogP contribution in [0.15, 0.2) is 18.2 Å². The van der Waals surface area contributed by atoms with Crippen molar-refractivity contribution in [3.8, 4) is 0 Å². The summed E-state index contributed by atoms with van der Waals surface area (Å²) < 4.78 is 24.8. The van der Waals surface area contributed by atoms with Crippen molar-refractivity contribution in [2.24, 2.45) is 5.92 Å². The maximum absolute atomic E-state index is 11.8. The number of hydrogen-bond donors (Lipinski definition) is 2. The molecule has 114 valence electrons. The highest BCUT2D eigenvalue weighted by Gasteiger charge is 2.53. The highest BCUT2D eigenvalue weighted by molar-refractivity contribution is 7.92. The number of nitro groups is 1. The van der Waals surface area contributed by atoms with Crippen LogP contribution in [-0.4, -0.2) is 31.5 Å². The van der Waals surface area contributed by atoms with Crippen molar-refractivity contribution < 1.29 is 18.1 Å². The Bertz CT molecular complexity index is 701. The van der Waals surface area contributed by atoms with Crippen molar-refractivity contribution in [3.05, 3.63) is 33.9 Å². The largest absolute Gasteiger partial charge is 0.326 e. The summed E-state index contributed by atoms with van der Waals surface area (Å²) in [6.45, 7) is 1.72. The Morgan fingerprint density at radius 3 is 2.62 bits per heavy atom. The van der Waals surface area contributed by atoms with Crippen molar-refractivity contribution in [1.82, 2.24) is 0 Å². The summed E-state index contributed by atoms with van der Waals surface area (Å²) in [5.41, 5.74) is 1.45. The molecular formula is C12H15N3O5S. The maximum atomic E-state index is 11.8. The highest BCUT2D eigenvalue weighted by Crippen LogP contribution is 2.34. The smallest absolute Gasteiger partial charge is 0.234 e. The molecule has 2 N–H and O–H groups in total. The lowest BCUT2D eigenvalue weighted by Crippen LogP contribution is -2.18. The van der Waals surface area contributed by atoms with Gasteiger partial charge in [0.2, 0.25) is 22.0 Å². The fraction of sp³-hybridized carbons (Fsp3) is 0.417. The number of amides is 1. The molecule has 1 saturated carbocycles. The van der Waals surface area contributed by atoms with Crippen molar-refractivity contribution in [2.75, 3.05) is 16.3 Å². The molecule has 0 spiro atoms. The van der Waals surface area contributed by atoms with Gasteiger partial charge in [0.25, 0.3) is 0 Å². The monoisotopic (exact) mass is 313 g/mol. The molecule has 0 bridgehead atoms. The molecule has 1 aromatic rings. The summed E-state index contributed by atoms with van der Waals surface area (Å²) >= 11 is 0. The molecule has 0 saturated heterocycles. The van der Waals surface area contributed by atoms with E-state index in [1.807, 2.05) is 0 Å². The minimum atomic E-state index is -3.42. The second-order valence-corrected chi connectivity index (χ2v) is 6.84. The van der Waals surface area contributed by atoms with Crippen LogP contribution in [0.3, 0.4) is 0 Å². The molecule has 9 heteroatoms. The van der Waals surface area contributed by atoms with Gasteiger partial charge in [-0.25, -0.2) is 8.42 Å². The summed E-state index contributed by atoms with van der Waals surface area (Å²) in [7, 11) is -3.42. The van der Waals surface area contributed by atoms with Crippen LogP contribution in [-0.2, 0) is 14.8 Å². The van der Waals surface area contributed by atoms with E-state index < -0.39 is 32.8 Å². The standard InChI is InChI=1S/C12H15N3O5S/c1-7-3-4-8(5-10(7)14-21(2,19)20)13-12(16)9-6-11(9)15(17)18/h3-5,9,11,14H,6H2,1-2H3,(H,13,16)/t9-,11-/m1/s1. The first-order chi connectivity index (χ1) is 9.67. The summed E-state index contributed by atoms with van der Waals surface area (Å²) in [6, 6.07) is 3.94. The van der Waals surface area contributed by atoms with Crippen LogP contribution in [0.1, 0.15) is 12.0 Å². The topological polar surface area (TPSA) is 118 Å². The average molecular weight is 313 g/mol. The van der Waals surface area contributed by atoms with Crippen LogP contribution in [0.25, 0.3) is 0 Å². The van der Waals surface area contributed by atoms with Gasteiger partial charge in [0.1, 0.15) is 5.92 Å². The molecule has 1 aliphatic rings. The molecule has 1 amide bonds. The van der Waals surface area contributed by atoms with E-state index in [-0.39, 0.29) is 6.42 Å². The summed E-state index contributed by atoms with van der Waals surface area (Å²) in [6.07, 6.45) is 1.27. The first-order valence-corrected chi connectivity index (χ1v) is 8.09. The third-order valence-corrected chi connectivity index (χ3v) is 3.76. The number of nitrogens with zero attached hydrogens (tertiary/aromatic N) is 1. The van der Waals surface area contributed by atoms with E-state index in [0.29, 0.717) is 16.9 Å². The zero-order valence-corrected chi connectivity index (χ0v) is 12.3. The Morgan fingerprint density at radius 1 is 1.43 bits per heavy atom. The predicted molar refractivity (Wildman–Crippen MR) is 77.2 cm³/mol. The molecule has 2 atom stereocenters. The molecule has 8 nitrogen and oxygen atoms in total. The quantitative estimate of drug-likeness (QED) is 0.620. The lowest BCUT2D eigenvalue weighted by molar-refractivity contribution is -0.497. The van der Waals surface area contributed by atoms with Gasteiger partial charge < -0.3 is 5.32 Å². The SMILES string of the molecule is Cc1ccc(NC(=O)[C@@H]2C[C@H]2[N+](=O)[O-])cc1NS(C)(=O)=O. The summed E-state index contributed by atoms with van der Waals surface area (Å²) in [4.78, 5) is 21.9. The first kappa shape index (κ1) is 15.2. The molecule has 1 aromatic carbocycles. The number of carbonyl (C=O) groups is 1. The minimum absolute atomic E-state index is 0.235. The molecular weight excluding hydrogens is 298 g/mol. The van der Waals surface area contributed by atoms with Gasteiger partial charge in [-0.3, -0.25) is 19.6 Å². The van der Waals surface area contributed by atoms with Gasteiger partial charge in [-0.2, -0.15) is 0 Å². The fourth-order valence-corrected chi connectivity index (χ4v) is 2.56. The van der Waals surface area contributed by atoms with Crippen LogP contribution in [0.5, 0.6) is 0 Å². The second kappa shape index (κ2) is 5.32. The van der Waals surface area contributed by atoms with Gasteiger partial charge in [0, 0.05) is 17.0 Å². The lowest BCUT2D eigenvalue weighted by Gasteiger charge is -2.10. The predicted octanol–water partition coefficient (Wildman–Crippen LogP) is 0.970. The number of sulfonamides is 1. The lowest BCUT2D eigenvalue weighted by atomic mass is 10.2. The molecule has 0 aromatic heterocycles. The van der Waals surface area contributed by atoms with Crippen LogP contribution in [0.4, 0.5) is 11.4 Å². The number of carbonyl (C=O) groups excluding carboxylic acids is 1. The van der Waals surface area contributed by atoms with E-state index in [2.05, 4.69) is 10.0 Å². The van der Waals surface area contributed by atoms with Crippen molar-refractivity contribution in [3.63, 3.8) is 0 Å². The molecule has 21 heavy (non-hydrogen) atoms. The van der Waals surface area contributed by atoms with Crippen LogP contribution in [0, 0.1) is 23.0 Å². The number of aryl methyl sites for hydroxylation is 1. The molecule has 2 rings (SSSR count). The van der Waals surface area contributed by atoms with E-state index in [9.17, 15) is 23.3 Å². The number of benzene rings is 1. The molecule has 0 unspecified atom stereocenters. The Labute approximate surface area is 121 Å². The maximum Gasteiger partial charge on any atom is 0.234 e. The molecule has 0 heterocycles. The Morgan fingerprint density at radius 2 is 2.10 bits per heavy atom. The number of rotatable bonds is 5. The van der Waals surface area contributed by atoms with E-state index in [1.165, 1.54) is 6.07 Å². The van der Waals surface area contributed by atoms with Crippen molar-refractivity contribution in [1.29, 1.82) is 0 Å². The third kappa shape index (κ3) is 3.91. The molecule has 0 aliphatic heterocycles. The van der Waals surface area contributed by atoms with Gasteiger partial charge in [-0.05, 0) is 24.6 Å². The van der Waals surface area contributed by atoms with Crippen molar-refractivity contribution in [2.45, 2.75) is 19.4 Å². The molecule has 0 radical (unpaired) electrons. The van der Waals surface area contributed by atoms with E-state index in [0.717, 1.165) is 6.26 Å². The Hall–Kier alpha value is -2.16. The third-order valence-electron chi connectivity index (χ3n) is 3.16. The van der Waals surface area contributed by atoms with Gasteiger partial charge in [-0.1, -0.05) is 6.07 Å². The average Bonchev–Trinajstić information content (AvgIpc) is 3.11. The molecule has 1 fully saturated rings. The minimum Gasteiger partial charge on any atom is -0.326 e. The van der Waals surface area contributed by atoms with Gasteiger partial charge in [-0.15, -0.1) is 0 Å². The van der Waals surface area contributed by atoms with Crippen LogP contribution >= 0.6 is 0 Å². The highest BCUT2D eigenvalue weighted by atomic mass is 32.2. The van der Waals surface area contributed by atoms with Crippen LogP contribution < -0.4 is 10.0 Å². The van der Waals surface area contributed by atoms with E-state index in [1.54, 1.807) is 19.1 Å². The van der Waals surface area contributed by atoms with Gasteiger partial charge in [0.05, 0.1) is 11.9 Å². The second-order valence-electron chi connectivity index (χ2n) is 5.09. The zero-order chi connectivity index (χ0) is 15.8. The Balaban J connectivity index is 2.09. The molecule has 1 aliphatic carbocycles. The Kier molecular flexibility index (Phi) is 3.86. The summed E-state index contributed by atoms with van der Waals surface area (Å²) in [5.74, 6) is -1.04. The number of anilines is 2. The van der Waals surface area contributed by atoms with Crippen LogP contribution in [0.2, 0.25) is 0 Å². The van der Waals surface area contributed by atoms with E-state index >= 15 is 0 Å². The number of hydrogen-bond acceptors (Lipinski definition) is 5. The normalized spacial score (nSPS) is 20.7.